The molecule has 1 unspecified atom stereocenters. The van der Waals surface area contributed by atoms with Crippen molar-refractivity contribution in [3.63, 3.8) is 0 Å². The Labute approximate surface area is 172 Å². The number of anilines is 2. The molecular weight excluding hydrogens is 368 g/mol. The van der Waals surface area contributed by atoms with Gasteiger partial charge in [0.05, 0.1) is 11.4 Å². The van der Waals surface area contributed by atoms with Crippen LogP contribution in [0.5, 0.6) is 5.75 Å². The summed E-state index contributed by atoms with van der Waals surface area (Å²) in [6.45, 7) is 7.36. The Balaban J connectivity index is 1.47. The molecule has 1 aliphatic heterocycles. The number of nitrogens with one attached hydrogen (secondary N) is 2. The summed E-state index contributed by atoms with van der Waals surface area (Å²) >= 11 is 0. The summed E-state index contributed by atoms with van der Waals surface area (Å²) in [5.74, 6) is 0.688. The second-order valence-electron chi connectivity index (χ2n) is 7.05. The van der Waals surface area contributed by atoms with Gasteiger partial charge in [-0.05, 0) is 30.8 Å². The Morgan fingerprint density at radius 3 is 2.48 bits per heavy atom. The molecule has 2 aromatic carbocycles. The third-order valence-electron chi connectivity index (χ3n) is 5.00. The van der Waals surface area contributed by atoms with E-state index in [2.05, 4.69) is 27.4 Å². The lowest BCUT2D eigenvalue weighted by atomic mass is 10.2. The van der Waals surface area contributed by atoms with Gasteiger partial charge in [0.2, 0.25) is 0 Å². The fourth-order valence-corrected chi connectivity index (χ4v) is 3.31. The van der Waals surface area contributed by atoms with Crippen molar-refractivity contribution in [2.45, 2.75) is 13.0 Å². The Kier molecular flexibility index (Phi) is 7.72. The average Bonchev–Trinajstić information content (AvgIpc) is 2.77. The Bertz CT molecular complexity index is 764. The first-order valence-electron chi connectivity index (χ1n) is 10.1. The Morgan fingerprint density at radius 1 is 1.07 bits per heavy atom. The Hall–Kier alpha value is -2.77. The van der Waals surface area contributed by atoms with Crippen LogP contribution in [-0.4, -0.2) is 68.0 Å². The van der Waals surface area contributed by atoms with Gasteiger partial charge in [-0.1, -0.05) is 37.3 Å². The number of aliphatic hydroxyl groups excluding tert-OH is 1. The van der Waals surface area contributed by atoms with Crippen LogP contribution >= 0.6 is 0 Å². The quantitative estimate of drug-likeness (QED) is 0.637. The highest BCUT2D eigenvalue weighted by atomic mass is 16.5. The molecule has 0 aromatic heterocycles. The summed E-state index contributed by atoms with van der Waals surface area (Å²) in [6.07, 6.45) is -0.793. The van der Waals surface area contributed by atoms with Crippen LogP contribution in [-0.2, 0) is 0 Å². The van der Waals surface area contributed by atoms with Gasteiger partial charge in [0.15, 0.2) is 0 Å². The van der Waals surface area contributed by atoms with Crippen LogP contribution in [0, 0.1) is 0 Å². The van der Waals surface area contributed by atoms with Crippen LogP contribution in [0.2, 0.25) is 0 Å². The van der Waals surface area contributed by atoms with Crippen LogP contribution < -0.4 is 20.3 Å². The van der Waals surface area contributed by atoms with E-state index in [1.807, 2.05) is 54.6 Å². The molecule has 0 radical (unpaired) electrons. The van der Waals surface area contributed by atoms with Gasteiger partial charge in [-0.2, -0.15) is 0 Å². The van der Waals surface area contributed by atoms with E-state index < -0.39 is 6.10 Å². The summed E-state index contributed by atoms with van der Waals surface area (Å²) in [4.78, 5) is 17.0. The van der Waals surface area contributed by atoms with Crippen LogP contribution in [0.15, 0.2) is 54.6 Å². The van der Waals surface area contributed by atoms with Gasteiger partial charge >= 0.3 is 6.03 Å². The number of likely N-dealkylation sites (N-methyl/N-ethyl adjacent to an activating group) is 1. The normalized spacial score (nSPS) is 15.6. The molecule has 7 nitrogen and oxygen atoms in total. The predicted octanol–water partition coefficient (Wildman–Crippen LogP) is 2.39. The highest BCUT2D eigenvalue weighted by molar-refractivity contribution is 5.93. The number of urea groups is 1. The molecule has 2 amide bonds. The van der Waals surface area contributed by atoms with Crippen molar-refractivity contribution in [2.24, 2.45) is 0 Å². The molecule has 1 heterocycles. The van der Waals surface area contributed by atoms with Crippen LogP contribution in [0.4, 0.5) is 16.2 Å². The molecule has 1 atom stereocenters. The van der Waals surface area contributed by atoms with Gasteiger partial charge in [-0.3, -0.25) is 0 Å². The molecular formula is C22H30N4O3. The second kappa shape index (κ2) is 10.7. The molecule has 2 aromatic rings. The standard InChI is InChI=1S/C22H30N4O3/c1-2-25-12-14-26(15-13-25)21-11-7-6-10-20(21)24-22(28)23-16-18(27)17-29-19-8-4-3-5-9-19/h3-11,18,27H,2,12-17H2,1H3,(H2,23,24,28). The highest BCUT2D eigenvalue weighted by Gasteiger charge is 2.19. The lowest BCUT2D eigenvalue weighted by molar-refractivity contribution is 0.108. The number of carbonyl (C=O) groups excluding carboxylic acids is 1. The predicted molar refractivity (Wildman–Crippen MR) is 116 cm³/mol. The number of rotatable bonds is 8. The first kappa shape index (κ1) is 21.0. The molecule has 0 aliphatic carbocycles. The molecule has 156 valence electrons. The van der Waals surface area contributed by atoms with Crippen LogP contribution in [0.1, 0.15) is 6.92 Å². The number of amides is 2. The minimum Gasteiger partial charge on any atom is -0.491 e. The van der Waals surface area contributed by atoms with Gasteiger partial charge in [-0.25, -0.2) is 4.79 Å². The molecule has 1 fully saturated rings. The zero-order chi connectivity index (χ0) is 20.5. The monoisotopic (exact) mass is 398 g/mol. The van der Waals surface area contributed by atoms with Gasteiger partial charge in [-0.15, -0.1) is 0 Å². The van der Waals surface area contributed by atoms with E-state index >= 15 is 0 Å². The third-order valence-corrected chi connectivity index (χ3v) is 5.00. The molecule has 3 N–H and O–H groups in total. The minimum atomic E-state index is -0.793. The van der Waals surface area contributed by atoms with Crippen molar-refractivity contribution in [3.8, 4) is 5.75 Å². The molecule has 7 heteroatoms. The number of hydrogen-bond donors (Lipinski definition) is 3. The van der Waals surface area contributed by atoms with Gasteiger partial charge in [0.25, 0.3) is 0 Å². The van der Waals surface area contributed by atoms with Gasteiger partial charge < -0.3 is 30.3 Å². The topological polar surface area (TPSA) is 77.1 Å². The van der Waals surface area contributed by atoms with Gasteiger partial charge in [0.1, 0.15) is 18.5 Å². The molecule has 3 rings (SSSR count). The van der Waals surface area contributed by atoms with Crippen molar-refractivity contribution in [1.29, 1.82) is 0 Å². The van der Waals surface area contributed by atoms with E-state index in [-0.39, 0.29) is 19.2 Å². The Morgan fingerprint density at radius 2 is 1.76 bits per heavy atom. The summed E-state index contributed by atoms with van der Waals surface area (Å²) in [6, 6.07) is 16.8. The summed E-state index contributed by atoms with van der Waals surface area (Å²) in [5, 5.41) is 15.7. The first-order valence-corrected chi connectivity index (χ1v) is 10.1. The summed E-state index contributed by atoms with van der Waals surface area (Å²) in [7, 11) is 0. The van der Waals surface area contributed by atoms with E-state index in [9.17, 15) is 9.90 Å². The van der Waals surface area contributed by atoms with Crippen molar-refractivity contribution < 1.29 is 14.6 Å². The number of piperazine rings is 1. The molecule has 1 aliphatic rings. The number of benzene rings is 2. The van der Waals surface area contributed by atoms with E-state index in [1.54, 1.807) is 0 Å². The fraction of sp³-hybridized carbons (Fsp3) is 0.409. The molecule has 29 heavy (non-hydrogen) atoms. The van der Waals surface area contributed by atoms with Crippen molar-refractivity contribution >= 4 is 17.4 Å². The second-order valence-corrected chi connectivity index (χ2v) is 7.05. The molecule has 0 saturated carbocycles. The van der Waals surface area contributed by atoms with Crippen molar-refractivity contribution in [3.05, 3.63) is 54.6 Å². The zero-order valence-corrected chi connectivity index (χ0v) is 16.9. The molecule has 0 bridgehead atoms. The SMILES string of the molecule is CCN1CCN(c2ccccc2NC(=O)NCC(O)COc2ccccc2)CC1. The third kappa shape index (κ3) is 6.37. The number of carbonyl (C=O) groups is 1. The van der Waals surface area contributed by atoms with E-state index in [0.717, 1.165) is 44.1 Å². The number of para-hydroxylation sites is 3. The maximum Gasteiger partial charge on any atom is 0.319 e. The fourth-order valence-electron chi connectivity index (χ4n) is 3.31. The number of ether oxygens (including phenoxy) is 1. The molecule has 0 spiro atoms. The summed E-state index contributed by atoms with van der Waals surface area (Å²) in [5.41, 5.74) is 1.79. The first-order chi connectivity index (χ1) is 14.2. The zero-order valence-electron chi connectivity index (χ0n) is 16.9. The van der Waals surface area contributed by atoms with E-state index in [0.29, 0.717) is 5.75 Å². The average molecular weight is 399 g/mol. The maximum absolute atomic E-state index is 12.3. The summed E-state index contributed by atoms with van der Waals surface area (Å²) < 4.78 is 5.50. The van der Waals surface area contributed by atoms with Crippen molar-refractivity contribution in [1.82, 2.24) is 10.2 Å². The highest BCUT2D eigenvalue weighted by Crippen LogP contribution is 2.26. The maximum atomic E-state index is 12.3. The minimum absolute atomic E-state index is 0.107. The van der Waals surface area contributed by atoms with Gasteiger partial charge in [0, 0.05) is 32.7 Å². The lowest BCUT2D eigenvalue weighted by Crippen LogP contribution is -2.46. The van der Waals surface area contributed by atoms with Crippen LogP contribution in [0.3, 0.4) is 0 Å². The van der Waals surface area contributed by atoms with E-state index in [4.69, 9.17) is 4.74 Å². The van der Waals surface area contributed by atoms with Crippen LogP contribution in [0.25, 0.3) is 0 Å². The molecule has 1 saturated heterocycles. The number of aliphatic hydroxyl groups is 1. The largest absolute Gasteiger partial charge is 0.491 e. The number of nitrogens with zero attached hydrogens (tertiary/aromatic N) is 2. The smallest absolute Gasteiger partial charge is 0.319 e. The number of hydrogen-bond acceptors (Lipinski definition) is 5. The lowest BCUT2D eigenvalue weighted by Gasteiger charge is -2.36. The van der Waals surface area contributed by atoms with E-state index in [1.165, 1.54) is 0 Å². The van der Waals surface area contributed by atoms with Crippen molar-refractivity contribution in [2.75, 3.05) is 56.1 Å².